The van der Waals surface area contributed by atoms with Crippen LogP contribution < -0.4 is 5.32 Å². The number of nitrogens with one attached hydrogen (secondary N) is 2. The number of halogens is 1. The Hall–Kier alpha value is -3.85. The second kappa shape index (κ2) is 9.77. The van der Waals surface area contributed by atoms with Gasteiger partial charge in [0.25, 0.3) is 0 Å². The molecule has 2 aromatic heterocycles. The molecule has 31 heavy (non-hydrogen) atoms. The molecule has 158 valence electrons. The van der Waals surface area contributed by atoms with E-state index in [9.17, 15) is 9.90 Å². The molecule has 0 fully saturated rings. The first-order chi connectivity index (χ1) is 14.7. The van der Waals surface area contributed by atoms with Gasteiger partial charge in [0.2, 0.25) is 5.82 Å². The summed E-state index contributed by atoms with van der Waals surface area (Å²) in [5.74, 6) is 0.387. The minimum atomic E-state index is -1.06. The molecule has 0 aliphatic heterocycles. The van der Waals surface area contributed by atoms with Gasteiger partial charge in [-0.2, -0.15) is 5.21 Å². The summed E-state index contributed by atoms with van der Waals surface area (Å²) in [6.45, 7) is 2.36. The molecule has 0 bridgehead atoms. The number of anilines is 1. The average Bonchev–Trinajstić information content (AvgIpc) is 3.32. The first-order valence-corrected chi connectivity index (χ1v) is 9.41. The summed E-state index contributed by atoms with van der Waals surface area (Å²) in [6, 6.07) is 15.8. The van der Waals surface area contributed by atoms with Gasteiger partial charge in [-0.1, -0.05) is 55.5 Å². The Bertz CT molecular complexity index is 1160. The number of hydrogen-bond acceptors (Lipinski definition) is 7. The van der Waals surface area contributed by atoms with Crippen LogP contribution in [0.4, 0.5) is 5.82 Å². The van der Waals surface area contributed by atoms with E-state index in [2.05, 4.69) is 35.9 Å². The SMILES string of the molecule is CCc1ncc(C(=O)O)c(NCc2ccc(-c3ccccc3-c3nn[nH]n3)cc2)n1.Cl. The van der Waals surface area contributed by atoms with E-state index in [1.807, 2.05) is 55.5 Å². The maximum atomic E-state index is 11.4. The number of hydrogen-bond donors (Lipinski definition) is 3. The van der Waals surface area contributed by atoms with Crippen molar-refractivity contribution in [1.82, 2.24) is 30.6 Å². The van der Waals surface area contributed by atoms with Crippen LogP contribution in [0.25, 0.3) is 22.5 Å². The Labute approximate surface area is 184 Å². The van der Waals surface area contributed by atoms with Gasteiger partial charge >= 0.3 is 5.97 Å². The van der Waals surface area contributed by atoms with Crippen molar-refractivity contribution in [2.45, 2.75) is 19.9 Å². The number of rotatable bonds is 7. The molecule has 0 aliphatic carbocycles. The van der Waals surface area contributed by atoms with Gasteiger partial charge in [-0.15, -0.1) is 22.6 Å². The molecule has 4 aromatic rings. The van der Waals surface area contributed by atoms with Gasteiger partial charge in [0, 0.05) is 24.7 Å². The fourth-order valence-electron chi connectivity index (χ4n) is 3.07. The summed E-state index contributed by atoms with van der Waals surface area (Å²) < 4.78 is 0. The predicted octanol–water partition coefficient (Wildman–Crippen LogP) is 3.62. The van der Waals surface area contributed by atoms with Crippen molar-refractivity contribution >= 4 is 24.2 Å². The Morgan fingerprint density at radius 3 is 2.48 bits per heavy atom. The molecule has 0 atom stereocenters. The Morgan fingerprint density at radius 1 is 1.10 bits per heavy atom. The van der Waals surface area contributed by atoms with Crippen LogP contribution in [0.3, 0.4) is 0 Å². The lowest BCUT2D eigenvalue weighted by Crippen LogP contribution is -2.11. The maximum absolute atomic E-state index is 11.4. The highest BCUT2D eigenvalue weighted by molar-refractivity contribution is 5.92. The molecule has 0 aliphatic rings. The van der Waals surface area contributed by atoms with E-state index in [0.29, 0.717) is 30.4 Å². The third kappa shape index (κ3) is 4.84. The third-order valence-electron chi connectivity index (χ3n) is 4.62. The fourth-order valence-corrected chi connectivity index (χ4v) is 3.07. The largest absolute Gasteiger partial charge is 0.477 e. The zero-order valence-electron chi connectivity index (χ0n) is 16.6. The van der Waals surface area contributed by atoms with E-state index in [1.165, 1.54) is 6.20 Å². The van der Waals surface area contributed by atoms with Crippen molar-refractivity contribution in [2.75, 3.05) is 5.32 Å². The second-order valence-corrected chi connectivity index (χ2v) is 6.54. The van der Waals surface area contributed by atoms with Crippen LogP contribution in [0.15, 0.2) is 54.7 Å². The van der Waals surface area contributed by atoms with Crippen molar-refractivity contribution in [2.24, 2.45) is 0 Å². The van der Waals surface area contributed by atoms with Gasteiger partial charge < -0.3 is 10.4 Å². The number of nitrogens with zero attached hydrogens (tertiary/aromatic N) is 5. The van der Waals surface area contributed by atoms with E-state index in [4.69, 9.17) is 0 Å². The summed E-state index contributed by atoms with van der Waals surface area (Å²) in [4.78, 5) is 19.8. The number of aromatic nitrogens is 6. The minimum absolute atomic E-state index is 0. The number of benzene rings is 2. The lowest BCUT2D eigenvalue weighted by atomic mass is 9.98. The Morgan fingerprint density at radius 2 is 1.84 bits per heavy atom. The van der Waals surface area contributed by atoms with Crippen molar-refractivity contribution in [3.63, 3.8) is 0 Å². The molecule has 0 saturated carbocycles. The van der Waals surface area contributed by atoms with E-state index in [1.54, 1.807) is 0 Å². The number of aryl methyl sites for hydroxylation is 1. The quantitative estimate of drug-likeness (QED) is 0.399. The highest BCUT2D eigenvalue weighted by Crippen LogP contribution is 2.29. The maximum Gasteiger partial charge on any atom is 0.341 e. The molecule has 0 radical (unpaired) electrons. The first-order valence-electron chi connectivity index (χ1n) is 9.41. The van der Waals surface area contributed by atoms with Crippen LogP contribution in [0.2, 0.25) is 0 Å². The molecule has 0 unspecified atom stereocenters. The zero-order valence-corrected chi connectivity index (χ0v) is 17.4. The standard InChI is InChI=1S/C21H19N7O2.ClH/c1-2-18-22-12-17(21(29)30)19(24-18)23-11-13-7-9-14(10-8-13)15-5-3-4-6-16(15)20-25-27-28-26-20;/h3-10,12H,2,11H2,1H3,(H,29,30)(H,22,23,24)(H,25,26,27,28);1H. The number of carboxylic acid groups (broad SMARTS) is 1. The molecule has 0 amide bonds. The zero-order chi connectivity index (χ0) is 20.9. The lowest BCUT2D eigenvalue weighted by molar-refractivity contribution is 0.0697. The van der Waals surface area contributed by atoms with Crippen molar-refractivity contribution < 1.29 is 9.90 Å². The van der Waals surface area contributed by atoms with Gasteiger partial charge in [-0.3, -0.25) is 0 Å². The van der Waals surface area contributed by atoms with Gasteiger partial charge in [0.05, 0.1) is 0 Å². The number of carbonyl (C=O) groups is 1. The number of H-pyrrole nitrogens is 1. The molecule has 2 heterocycles. The minimum Gasteiger partial charge on any atom is -0.477 e. The monoisotopic (exact) mass is 437 g/mol. The molecule has 4 rings (SSSR count). The van der Waals surface area contributed by atoms with E-state index < -0.39 is 5.97 Å². The second-order valence-electron chi connectivity index (χ2n) is 6.54. The topological polar surface area (TPSA) is 130 Å². The molecular weight excluding hydrogens is 418 g/mol. The van der Waals surface area contributed by atoms with E-state index in [-0.39, 0.29) is 18.0 Å². The first kappa shape index (κ1) is 21.8. The normalized spacial score (nSPS) is 10.4. The van der Waals surface area contributed by atoms with Gasteiger partial charge in [-0.25, -0.2) is 14.8 Å². The van der Waals surface area contributed by atoms with Crippen LogP contribution in [0, 0.1) is 0 Å². The van der Waals surface area contributed by atoms with E-state index in [0.717, 1.165) is 22.3 Å². The predicted molar refractivity (Wildman–Crippen MR) is 118 cm³/mol. The summed E-state index contributed by atoms with van der Waals surface area (Å²) in [5.41, 5.74) is 3.94. The summed E-state index contributed by atoms with van der Waals surface area (Å²) in [7, 11) is 0. The number of tetrazole rings is 1. The van der Waals surface area contributed by atoms with Crippen LogP contribution in [-0.4, -0.2) is 41.7 Å². The summed E-state index contributed by atoms with van der Waals surface area (Å²) in [6.07, 6.45) is 1.97. The van der Waals surface area contributed by atoms with E-state index >= 15 is 0 Å². The summed E-state index contributed by atoms with van der Waals surface area (Å²) in [5, 5.41) is 26.7. The fraction of sp³-hybridized carbons (Fsp3) is 0.143. The molecule has 9 nitrogen and oxygen atoms in total. The lowest BCUT2D eigenvalue weighted by Gasteiger charge is -2.11. The third-order valence-corrected chi connectivity index (χ3v) is 4.62. The number of aromatic carboxylic acids is 1. The highest BCUT2D eigenvalue weighted by atomic mass is 35.5. The van der Waals surface area contributed by atoms with Crippen LogP contribution in [-0.2, 0) is 13.0 Å². The van der Waals surface area contributed by atoms with Gasteiger partial charge in [0.15, 0.2) is 0 Å². The molecular formula is C21H20ClN7O2. The summed E-state index contributed by atoms with van der Waals surface area (Å²) >= 11 is 0. The smallest absolute Gasteiger partial charge is 0.341 e. The van der Waals surface area contributed by atoms with Gasteiger partial charge in [-0.05, 0) is 21.9 Å². The molecule has 10 heteroatoms. The van der Waals surface area contributed by atoms with Gasteiger partial charge in [0.1, 0.15) is 17.2 Å². The van der Waals surface area contributed by atoms with Crippen LogP contribution >= 0.6 is 12.4 Å². The molecule has 2 aromatic carbocycles. The number of aromatic amines is 1. The van der Waals surface area contributed by atoms with Crippen LogP contribution in [0.5, 0.6) is 0 Å². The average molecular weight is 438 g/mol. The van der Waals surface area contributed by atoms with Crippen molar-refractivity contribution in [3.05, 3.63) is 71.7 Å². The highest BCUT2D eigenvalue weighted by Gasteiger charge is 2.14. The van der Waals surface area contributed by atoms with Crippen molar-refractivity contribution in [3.8, 4) is 22.5 Å². The Kier molecular flexibility index (Phi) is 6.88. The molecule has 3 N–H and O–H groups in total. The number of carboxylic acids is 1. The van der Waals surface area contributed by atoms with Crippen molar-refractivity contribution in [1.29, 1.82) is 0 Å². The Balaban J connectivity index is 0.00000272. The van der Waals surface area contributed by atoms with Crippen LogP contribution in [0.1, 0.15) is 28.7 Å². The molecule has 0 spiro atoms. The molecule has 0 saturated heterocycles.